The Morgan fingerprint density at radius 3 is 1.83 bits per heavy atom. The van der Waals surface area contributed by atoms with Crippen LogP contribution in [-0.4, -0.2) is 33.2 Å². The highest BCUT2D eigenvalue weighted by atomic mass is 127. The van der Waals surface area contributed by atoms with Crippen molar-refractivity contribution >= 4 is 47.1 Å². The van der Waals surface area contributed by atoms with E-state index >= 15 is 0 Å². The van der Waals surface area contributed by atoms with Crippen molar-refractivity contribution in [2.45, 2.75) is 83.1 Å². The molecular weight excluding hydrogens is 425 g/mol. The summed E-state index contributed by atoms with van der Waals surface area (Å²) in [4.78, 5) is 22.6. The van der Waals surface area contributed by atoms with Gasteiger partial charge < -0.3 is 10.4 Å². The number of thiol groups is 1. The van der Waals surface area contributed by atoms with Gasteiger partial charge in [0.1, 0.15) is 6.04 Å². The van der Waals surface area contributed by atoms with Gasteiger partial charge in [0, 0.05) is 6.42 Å². The largest absolute Gasteiger partial charge is 0.480 e. The van der Waals surface area contributed by atoms with Crippen LogP contribution in [0.1, 0.15) is 77.0 Å². The third-order valence-electron chi connectivity index (χ3n) is 3.84. The molecule has 1 unspecified atom stereocenters. The Kier molecular flexibility index (Phi) is 16.9. The molecule has 1 amide bonds. The average molecular weight is 457 g/mol. The van der Waals surface area contributed by atoms with Gasteiger partial charge >= 0.3 is 5.97 Å². The van der Waals surface area contributed by atoms with Crippen molar-refractivity contribution in [1.29, 1.82) is 0 Å². The molecule has 0 aliphatic heterocycles. The van der Waals surface area contributed by atoms with Gasteiger partial charge in [0.05, 0.1) is 0 Å². The summed E-state index contributed by atoms with van der Waals surface area (Å²) in [5.74, 6) is -0.685. The first kappa shape index (κ1) is 23.0. The zero-order valence-corrected chi connectivity index (χ0v) is 17.1. The van der Waals surface area contributed by atoms with E-state index in [1.807, 2.05) is 0 Å². The van der Waals surface area contributed by atoms with Crippen molar-refractivity contribution in [3.05, 3.63) is 0 Å². The summed E-state index contributed by atoms with van der Waals surface area (Å²) < 4.78 is 1.27. The molecule has 4 nitrogen and oxygen atoms in total. The number of halogens is 1. The van der Waals surface area contributed by atoms with E-state index in [2.05, 4.69) is 40.5 Å². The molecule has 0 spiro atoms. The Labute approximate surface area is 160 Å². The van der Waals surface area contributed by atoms with Crippen molar-refractivity contribution in [2.75, 3.05) is 10.2 Å². The minimum Gasteiger partial charge on any atom is -0.480 e. The monoisotopic (exact) mass is 457 g/mol. The van der Waals surface area contributed by atoms with Gasteiger partial charge in [-0.2, -0.15) is 12.6 Å². The first-order valence-corrected chi connectivity index (χ1v) is 11.0. The molecule has 0 fully saturated rings. The number of rotatable bonds is 16. The van der Waals surface area contributed by atoms with Gasteiger partial charge in [0.15, 0.2) is 0 Å². The molecule has 2 N–H and O–H groups in total. The molecule has 1 atom stereocenters. The zero-order valence-electron chi connectivity index (χ0n) is 14.1. The minimum atomic E-state index is -0.981. The SMILES string of the molecule is O=C(CCCCCCCCCCCCI)NC(CCS)C(=O)O. The first-order chi connectivity index (χ1) is 11.1. The predicted octanol–water partition coefficient (Wildman–Crippen LogP) is 4.60. The maximum atomic E-state index is 11.7. The maximum Gasteiger partial charge on any atom is 0.326 e. The van der Waals surface area contributed by atoms with Crippen molar-refractivity contribution in [2.24, 2.45) is 0 Å². The Hall–Kier alpha value is 0.0200. The van der Waals surface area contributed by atoms with Gasteiger partial charge in [0.25, 0.3) is 0 Å². The fraction of sp³-hybridized carbons (Fsp3) is 0.882. The van der Waals surface area contributed by atoms with Crippen molar-refractivity contribution in [1.82, 2.24) is 5.32 Å². The number of hydrogen-bond donors (Lipinski definition) is 3. The van der Waals surface area contributed by atoms with Crippen LogP contribution >= 0.6 is 35.2 Å². The molecule has 0 rings (SSSR count). The summed E-state index contributed by atoms with van der Waals surface area (Å²) in [6, 6.07) is -0.799. The fourth-order valence-electron chi connectivity index (χ4n) is 2.45. The van der Waals surface area contributed by atoms with Crippen LogP contribution < -0.4 is 5.32 Å². The molecule has 6 heteroatoms. The summed E-state index contributed by atoms with van der Waals surface area (Å²) >= 11 is 6.44. The lowest BCUT2D eigenvalue weighted by Gasteiger charge is -2.13. The quantitative estimate of drug-likeness (QED) is 0.137. The summed E-state index contributed by atoms with van der Waals surface area (Å²) in [6.07, 6.45) is 13.1. The van der Waals surface area contributed by atoms with E-state index in [1.54, 1.807) is 0 Å². The molecule has 0 bridgehead atoms. The summed E-state index contributed by atoms with van der Waals surface area (Å²) in [7, 11) is 0. The highest BCUT2D eigenvalue weighted by Gasteiger charge is 2.18. The van der Waals surface area contributed by atoms with E-state index in [0.717, 1.165) is 12.8 Å². The number of unbranched alkanes of at least 4 members (excludes halogenated alkanes) is 9. The van der Waals surface area contributed by atoms with E-state index in [1.165, 1.54) is 55.8 Å². The molecule has 0 aromatic rings. The topological polar surface area (TPSA) is 66.4 Å². The van der Waals surface area contributed by atoms with Crippen molar-refractivity contribution < 1.29 is 14.7 Å². The molecule has 0 aromatic heterocycles. The number of carboxylic acids is 1. The first-order valence-electron chi connectivity index (χ1n) is 8.80. The number of carboxylic acid groups (broad SMARTS) is 1. The third kappa shape index (κ3) is 15.3. The van der Waals surface area contributed by atoms with E-state index in [4.69, 9.17) is 5.11 Å². The van der Waals surface area contributed by atoms with Crippen LogP contribution in [0.2, 0.25) is 0 Å². The van der Waals surface area contributed by atoms with E-state index in [-0.39, 0.29) is 5.91 Å². The second-order valence-corrected chi connectivity index (χ2v) is 7.47. The number of aliphatic carboxylic acids is 1. The van der Waals surface area contributed by atoms with E-state index in [0.29, 0.717) is 18.6 Å². The summed E-state index contributed by atoms with van der Waals surface area (Å²) in [5.41, 5.74) is 0. The molecule has 0 saturated heterocycles. The van der Waals surface area contributed by atoms with Crippen LogP contribution in [0.3, 0.4) is 0 Å². The summed E-state index contributed by atoms with van der Waals surface area (Å²) in [6.45, 7) is 0. The Bertz CT molecular complexity index is 316. The summed E-state index contributed by atoms with van der Waals surface area (Å²) in [5, 5.41) is 11.5. The van der Waals surface area contributed by atoms with Gasteiger partial charge in [-0.1, -0.05) is 74.0 Å². The normalized spacial score (nSPS) is 12.1. The predicted molar refractivity (Wildman–Crippen MR) is 108 cm³/mol. The van der Waals surface area contributed by atoms with Crippen molar-refractivity contribution in [3.63, 3.8) is 0 Å². The van der Waals surface area contributed by atoms with Crippen molar-refractivity contribution in [3.8, 4) is 0 Å². The smallest absolute Gasteiger partial charge is 0.326 e. The van der Waals surface area contributed by atoms with Crippen LogP contribution in [0.15, 0.2) is 0 Å². The number of nitrogens with one attached hydrogen (secondary N) is 1. The molecule has 0 heterocycles. The van der Waals surface area contributed by atoms with Gasteiger partial charge in [0.2, 0.25) is 5.91 Å². The highest BCUT2D eigenvalue weighted by molar-refractivity contribution is 14.1. The molecule has 23 heavy (non-hydrogen) atoms. The van der Waals surface area contributed by atoms with E-state index in [9.17, 15) is 9.59 Å². The molecule has 0 radical (unpaired) electrons. The van der Waals surface area contributed by atoms with Gasteiger partial charge in [-0.05, 0) is 29.4 Å². The van der Waals surface area contributed by atoms with Gasteiger partial charge in [-0.15, -0.1) is 0 Å². The second-order valence-electron chi connectivity index (χ2n) is 5.95. The van der Waals surface area contributed by atoms with Gasteiger partial charge in [-0.25, -0.2) is 4.79 Å². The zero-order chi connectivity index (χ0) is 17.3. The van der Waals surface area contributed by atoms with E-state index < -0.39 is 12.0 Å². The Balaban J connectivity index is 3.43. The molecule has 0 aromatic carbocycles. The average Bonchev–Trinajstić information content (AvgIpc) is 2.52. The number of carbonyl (C=O) groups excluding carboxylic acids is 1. The second kappa shape index (κ2) is 16.9. The van der Waals surface area contributed by atoms with Gasteiger partial charge in [-0.3, -0.25) is 4.79 Å². The molecule has 0 aliphatic rings. The van der Waals surface area contributed by atoms with Crippen LogP contribution in [0.4, 0.5) is 0 Å². The minimum absolute atomic E-state index is 0.158. The molecule has 136 valence electrons. The lowest BCUT2D eigenvalue weighted by molar-refractivity contribution is -0.141. The molecule has 0 saturated carbocycles. The lowest BCUT2D eigenvalue weighted by atomic mass is 10.1. The standard InChI is InChI=1S/C17H32INO3S/c18-13-10-8-6-4-2-1-3-5-7-9-11-16(20)19-15(12-14-23)17(21)22/h15,23H,1-14H2,(H,19,20)(H,21,22). The van der Waals surface area contributed by atoms with Crippen LogP contribution in [0.25, 0.3) is 0 Å². The van der Waals surface area contributed by atoms with Crippen LogP contribution in [0, 0.1) is 0 Å². The van der Waals surface area contributed by atoms with Crippen LogP contribution in [-0.2, 0) is 9.59 Å². The number of alkyl halides is 1. The fourth-order valence-corrected chi connectivity index (χ4v) is 3.24. The third-order valence-corrected chi connectivity index (χ3v) is 4.86. The Morgan fingerprint density at radius 1 is 0.913 bits per heavy atom. The number of hydrogen-bond acceptors (Lipinski definition) is 3. The number of carbonyl (C=O) groups is 2. The lowest BCUT2D eigenvalue weighted by Crippen LogP contribution is -2.40. The Morgan fingerprint density at radius 2 is 1.39 bits per heavy atom. The maximum absolute atomic E-state index is 11.7. The highest BCUT2D eigenvalue weighted by Crippen LogP contribution is 2.11. The van der Waals surface area contributed by atoms with Crippen LogP contribution in [0.5, 0.6) is 0 Å². The number of amides is 1. The molecular formula is C17H32INO3S. The molecule has 0 aliphatic carbocycles.